The molecule has 3 nitrogen and oxygen atoms in total. The molecule has 1 aromatic carbocycles. The molecule has 0 saturated heterocycles. The van der Waals surface area contributed by atoms with Crippen LogP contribution >= 0.6 is 0 Å². The molecule has 0 spiro atoms. The fraction of sp³-hybridized carbons (Fsp3) is 0.273. The number of hydrogen-bond donors (Lipinski definition) is 1. The Bertz CT molecular complexity index is 362. The van der Waals surface area contributed by atoms with Crippen molar-refractivity contribution in [2.75, 3.05) is 7.05 Å². The van der Waals surface area contributed by atoms with E-state index in [2.05, 4.69) is 5.32 Å². The summed E-state index contributed by atoms with van der Waals surface area (Å²) in [5.41, 5.74) is 1.53. The molecular formula is C11H12N2O. The number of nitriles is 1. The second-order valence-corrected chi connectivity index (χ2v) is 3.07. The van der Waals surface area contributed by atoms with Gasteiger partial charge in [0.15, 0.2) is 0 Å². The molecule has 0 radical (unpaired) electrons. The van der Waals surface area contributed by atoms with E-state index in [1.165, 1.54) is 0 Å². The van der Waals surface area contributed by atoms with Gasteiger partial charge in [-0.1, -0.05) is 12.1 Å². The van der Waals surface area contributed by atoms with E-state index >= 15 is 0 Å². The maximum atomic E-state index is 11.3. The van der Waals surface area contributed by atoms with Crippen LogP contribution in [0.1, 0.15) is 24.0 Å². The number of likely N-dealkylation sites (N-methyl/N-ethyl adjacent to an activating group) is 1. The van der Waals surface area contributed by atoms with Gasteiger partial charge in [0, 0.05) is 7.05 Å². The first-order valence-electron chi connectivity index (χ1n) is 4.40. The van der Waals surface area contributed by atoms with E-state index in [0.29, 0.717) is 5.56 Å². The molecule has 0 saturated carbocycles. The Morgan fingerprint density at radius 2 is 2.00 bits per heavy atom. The molecule has 72 valence electrons. The number of rotatable bonds is 2. The highest BCUT2D eigenvalue weighted by molar-refractivity contribution is 5.82. The highest BCUT2D eigenvalue weighted by atomic mass is 16.1. The summed E-state index contributed by atoms with van der Waals surface area (Å²) in [6.45, 7) is 1.83. The van der Waals surface area contributed by atoms with Crippen LogP contribution in [-0.4, -0.2) is 13.0 Å². The molecule has 1 aromatic rings. The number of benzene rings is 1. The van der Waals surface area contributed by atoms with Gasteiger partial charge in [0.2, 0.25) is 5.91 Å². The standard InChI is InChI=1S/C11H12N2O/c1-8(11(14)13-2)10-5-3-9(7-12)4-6-10/h3-6,8H,1-2H3,(H,13,14). The van der Waals surface area contributed by atoms with Gasteiger partial charge in [0.05, 0.1) is 17.6 Å². The Labute approximate surface area is 83.4 Å². The van der Waals surface area contributed by atoms with Crippen LogP contribution in [0.3, 0.4) is 0 Å². The Balaban J connectivity index is 2.88. The van der Waals surface area contributed by atoms with E-state index in [4.69, 9.17) is 5.26 Å². The maximum absolute atomic E-state index is 11.3. The lowest BCUT2D eigenvalue weighted by atomic mass is 9.99. The van der Waals surface area contributed by atoms with Crippen LogP contribution in [0.2, 0.25) is 0 Å². The maximum Gasteiger partial charge on any atom is 0.227 e. The number of hydrogen-bond acceptors (Lipinski definition) is 2. The van der Waals surface area contributed by atoms with E-state index in [9.17, 15) is 4.79 Å². The van der Waals surface area contributed by atoms with Crippen LogP contribution in [0.4, 0.5) is 0 Å². The second kappa shape index (κ2) is 4.43. The van der Waals surface area contributed by atoms with Gasteiger partial charge in [0.25, 0.3) is 0 Å². The number of carbonyl (C=O) groups excluding carboxylic acids is 1. The molecule has 1 atom stereocenters. The molecule has 14 heavy (non-hydrogen) atoms. The first-order valence-corrected chi connectivity index (χ1v) is 4.40. The summed E-state index contributed by atoms with van der Waals surface area (Å²) in [5.74, 6) is -0.192. The summed E-state index contributed by atoms with van der Waals surface area (Å²) in [5, 5.41) is 11.2. The van der Waals surface area contributed by atoms with Crippen LogP contribution in [0.25, 0.3) is 0 Å². The smallest absolute Gasteiger partial charge is 0.227 e. The summed E-state index contributed by atoms with van der Waals surface area (Å²) in [6.07, 6.45) is 0. The largest absolute Gasteiger partial charge is 0.359 e. The predicted octanol–water partition coefficient (Wildman–Crippen LogP) is 1.41. The summed E-state index contributed by atoms with van der Waals surface area (Å²) in [7, 11) is 1.61. The highest BCUT2D eigenvalue weighted by Crippen LogP contribution is 2.15. The molecule has 0 aliphatic carbocycles. The molecule has 1 amide bonds. The Morgan fingerprint density at radius 3 is 2.43 bits per heavy atom. The predicted molar refractivity (Wildman–Crippen MR) is 53.6 cm³/mol. The monoisotopic (exact) mass is 188 g/mol. The topological polar surface area (TPSA) is 52.9 Å². The Hall–Kier alpha value is -1.82. The summed E-state index contributed by atoms with van der Waals surface area (Å²) in [4.78, 5) is 11.3. The molecule has 3 heteroatoms. The van der Waals surface area contributed by atoms with Crippen molar-refractivity contribution in [3.63, 3.8) is 0 Å². The molecule has 1 unspecified atom stereocenters. The van der Waals surface area contributed by atoms with Crippen LogP contribution in [-0.2, 0) is 4.79 Å². The van der Waals surface area contributed by atoms with Gasteiger partial charge < -0.3 is 5.32 Å². The van der Waals surface area contributed by atoms with Crippen molar-refractivity contribution in [1.82, 2.24) is 5.32 Å². The van der Waals surface area contributed by atoms with E-state index in [1.807, 2.05) is 13.0 Å². The van der Waals surface area contributed by atoms with Gasteiger partial charge in [-0.15, -0.1) is 0 Å². The van der Waals surface area contributed by atoms with E-state index in [-0.39, 0.29) is 11.8 Å². The average Bonchev–Trinajstić information content (AvgIpc) is 2.27. The molecule has 0 bridgehead atoms. The van der Waals surface area contributed by atoms with Gasteiger partial charge in [0.1, 0.15) is 0 Å². The zero-order valence-electron chi connectivity index (χ0n) is 8.24. The number of nitrogens with one attached hydrogen (secondary N) is 1. The average molecular weight is 188 g/mol. The Kier molecular flexibility index (Phi) is 3.24. The zero-order chi connectivity index (χ0) is 10.6. The quantitative estimate of drug-likeness (QED) is 0.762. The van der Waals surface area contributed by atoms with Crippen LogP contribution in [0.5, 0.6) is 0 Å². The molecule has 0 aromatic heterocycles. The minimum Gasteiger partial charge on any atom is -0.359 e. The highest BCUT2D eigenvalue weighted by Gasteiger charge is 2.12. The van der Waals surface area contributed by atoms with Crippen molar-refractivity contribution >= 4 is 5.91 Å². The van der Waals surface area contributed by atoms with Crippen LogP contribution < -0.4 is 5.32 Å². The van der Waals surface area contributed by atoms with Crippen molar-refractivity contribution in [3.8, 4) is 6.07 Å². The SMILES string of the molecule is CNC(=O)C(C)c1ccc(C#N)cc1. The van der Waals surface area contributed by atoms with E-state index in [1.54, 1.807) is 31.3 Å². The fourth-order valence-corrected chi connectivity index (χ4v) is 1.21. The van der Waals surface area contributed by atoms with Gasteiger partial charge in [-0.2, -0.15) is 5.26 Å². The van der Waals surface area contributed by atoms with E-state index in [0.717, 1.165) is 5.56 Å². The molecule has 0 aliphatic heterocycles. The molecule has 0 aliphatic rings. The lowest BCUT2D eigenvalue weighted by molar-refractivity contribution is -0.121. The normalized spacial score (nSPS) is 11.5. The number of amides is 1. The number of nitrogens with zero attached hydrogens (tertiary/aromatic N) is 1. The lowest BCUT2D eigenvalue weighted by Crippen LogP contribution is -2.23. The van der Waals surface area contributed by atoms with Crippen molar-refractivity contribution in [2.45, 2.75) is 12.8 Å². The summed E-state index contributed by atoms with van der Waals surface area (Å²) < 4.78 is 0. The molecule has 1 N–H and O–H groups in total. The second-order valence-electron chi connectivity index (χ2n) is 3.07. The fourth-order valence-electron chi connectivity index (χ4n) is 1.21. The van der Waals surface area contributed by atoms with E-state index < -0.39 is 0 Å². The first kappa shape index (κ1) is 10.3. The Morgan fingerprint density at radius 1 is 1.43 bits per heavy atom. The minimum absolute atomic E-state index is 0.0188. The van der Waals surface area contributed by atoms with Gasteiger partial charge in [-0.05, 0) is 24.6 Å². The third-order valence-electron chi connectivity index (χ3n) is 2.18. The van der Waals surface area contributed by atoms with Crippen molar-refractivity contribution in [1.29, 1.82) is 5.26 Å². The number of carbonyl (C=O) groups is 1. The van der Waals surface area contributed by atoms with Gasteiger partial charge in [-0.25, -0.2) is 0 Å². The minimum atomic E-state index is -0.173. The van der Waals surface area contributed by atoms with Gasteiger partial charge in [-0.3, -0.25) is 4.79 Å². The molecule has 0 fully saturated rings. The third-order valence-corrected chi connectivity index (χ3v) is 2.18. The molecule has 0 heterocycles. The summed E-state index contributed by atoms with van der Waals surface area (Å²) in [6, 6.07) is 9.08. The first-order chi connectivity index (χ1) is 6.69. The zero-order valence-corrected chi connectivity index (χ0v) is 8.24. The van der Waals surface area contributed by atoms with Crippen molar-refractivity contribution in [2.24, 2.45) is 0 Å². The third kappa shape index (κ3) is 2.11. The van der Waals surface area contributed by atoms with Gasteiger partial charge >= 0.3 is 0 Å². The lowest BCUT2D eigenvalue weighted by Gasteiger charge is -2.09. The molecular weight excluding hydrogens is 176 g/mol. The summed E-state index contributed by atoms with van der Waals surface area (Å²) >= 11 is 0. The van der Waals surface area contributed by atoms with Crippen LogP contribution in [0.15, 0.2) is 24.3 Å². The van der Waals surface area contributed by atoms with Crippen molar-refractivity contribution < 1.29 is 4.79 Å². The van der Waals surface area contributed by atoms with Crippen LogP contribution in [0, 0.1) is 11.3 Å². The van der Waals surface area contributed by atoms with Crippen molar-refractivity contribution in [3.05, 3.63) is 35.4 Å². The molecule has 1 rings (SSSR count).